The summed E-state index contributed by atoms with van der Waals surface area (Å²) in [5.41, 5.74) is 0.918. The molecule has 98 valence electrons. The van der Waals surface area contributed by atoms with E-state index in [-0.39, 0.29) is 6.61 Å². The minimum Gasteiger partial charge on any atom is -0.429 e. The summed E-state index contributed by atoms with van der Waals surface area (Å²) in [6.07, 6.45) is 0.966. The van der Waals surface area contributed by atoms with Crippen molar-refractivity contribution < 1.29 is 13.7 Å². The molecule has 1 aromatic heterocycles. The molecule has 0 N–H and O–H groups in total. The highest BCUT2D eigenvalue weighted by Crippen LogP contribution is 2.30. The number of hydrogen-bond donors (Lipinski definition) is 0. The van der Waals surface area contributed by atoms with Crippen molar-refractivity contribution in [1.29, 1.82) is 0 Å². The van der Waals surface area contributed by atoms with Gasteiger partial charge < -0.3 is 8.92 Å². The molecule has 2 rings (SSSR count). The van der Waals surface area contributed by atoms with E-state index < -0.39 is 6.16 Å². The van der Waals surface area contributed by atoms with Crippen molar-refractivity contribution >= 4 is 28.0 Å². The first-order valence-electron chi connectivity index (χ1n) is 5.47. The minimum atomic E-state index is -0.711. The molecule has 0 bridgehead atoms. The molecule has 1 heterocycles. The maximum atomic E-state index is 11.3. The van der Waals surface area contributed by atoms with Gasteiger partial charge in [-0.1, -0.05) is 36.4 Å². The SMILES string of the molecule is O=C(OCc1ccccc1)OSSc1ccccn1. The molecule has 1 aromatic carbocycles. The molecule has 0 radical (unpaired) electrons. The Hall–Kier alpha value is -1.66. The summed E-state index contributed by atoms with van der Waals surface area (Å²) in [7, 11) is 1.25. The van der Waals surface area contributed by atoms with E-state index in [4.69, 9.17) is 8.92 Å². The largest absolute Gasteiger partial charge is 0.521 e. The fourth-order valence-corrected chi connectivity index (χ4v) is 2.44. The Morgan fingerprint density at radius 1 is 1.11 bits per heavy atom. The van der Waals surface area contributed by atoms with E-state index in [1.165, 1.54) is 10.8 Å². The molecule has 0 aliphatic heterocycles. The Labute approximate surface area is 119 Å². The third kappa shape index (κ3) is 5.23. The first-order chi connectivity index (χ1) is 9.34. The fourth-order valence-electron chi connectivity index (χ4n) is 1.22. The normalized spacial score (nSPS) is 9.89. The van der Waals surface area contributed by atoms with Crippen LogP contribution >= 0.6 is 21.9 Å². The lowest BCUT2D eigenvalue weighted by Crippen LogP contribution is -2.02. The van der Waals surface area contributed by atoms with Crippen LogP contribution in [0.15, 0.2) is 59.8 Å². The average molecular weight is 293 g/mol. The number of benzene rings is 1. The second kappa shape index (κ2) is 7.70. The fraction of sp³-hybridized carbons (Fsp3) is 0.0769. The molecular weight excluding hydrogens is 282 g/mol. The van der Waals surface area contributed by atoms with Crippen molar-refractivity contribution in [3.63, 3.8) is 0 Å². The van der Waals surface area contributed by atoms with E-state index in [0.717, 1.165) is 21.7 Å². The third-order valence-corrected chi connectivity index (χ3v) is 3.66. The van der Waals surface area contributed by atoms with Gasteiger partial charge in [0.1, 0.15) is 22.7 Å². The number of aromatic nitrogens is 1. The quantitative estimate of drug-likeness (QED) is 0.470. The summed E-state index contributed by atoms with van der Waals surface area (Å²) >= 11 is 0.929. The van der Waals surface area contributed by atoms with Gasteiger partial charge in [-0.25, -0.2) is 9.78 Å². The van der Waals surface area contributed by atoms with E-state index in [9.17, 15) is 4.79 Å². The smallest absolute Gasteiger partial charge is 0.429 e. The number of rotatable bonds is 5. The van der Waals surface area contributed by atoms with E-state index in [1.54, 1.807) is 6.20 Å². The topological polar surface area (TPSA) is 48.4 Å². The van der Waals surface area contributed by atoms with Crippen molar-refractivity contribution in [3.05, 3.63) is 60.3 Å². The van der Waals surface area contributed by atoms with Crippen LogP contribution in [0.5, 0.6) is 0 Å². The van der Waals surface area contributed by atoms with Crippen LogP contribution in [0, 0.1) is 0 Å². The van der Waals surface area contributed by atoms with Crippen molar-refractivity contribution in [2.24, 2.45) is 0 Å². The molecule has 0 amide bonds. The molecule has 0 fully saturated rings. The van der Waals surface area contributed by atoms with Gasteiger partial charge in [0.15, 0.2) is 0 Å². The van der Waals surface area contributed by atoms with Gasteiger partial charge in [-0.15, -0.1) is 0 Å². The van der Waals surface area contributed by atoms with Crippen LogP contribution in [0.2, 0.25) is 0 Å². The number of pyridine rings is 1. The van der Waals surface area contributed by atoms with Crippen LogP contribution in [0.25, 0.3) is 0 Å². The third-order valence-electron chi connectivity index (χ3n) is 2.06. The summed E-state index contributed by atoms with van der Waals surface area (Å²) in [6.45, 7) is 0.203. The summed E-state index contributed by atoms with van der Waals surface area (Å²) in [4.78, 5) is 15.4. The van der Waals surface area contributed by atoms with Crippen molar-refractivity contribution in [2.75, 3.05) is 0 Å². The molecule has 0 spiro atoms. The van der Waals surface area contributed by atoms with Gasteiger partial charge in [-0.2, -0.15) is 0 Å². The molecule has 0 unspecified atom stereocenters. The summed E-state index contributed by atoms with van der Waals surface area (Å²) < 4.78 is 9.80. The second-order valence-corrected chi connectivity index (χ2v) is 5.22. The maximum Gasteiger partial charge on any atom is 0.521 e. The summed E-state index contributed by atoms with van der Waals surface area (Å²) in [5.74, 6) is 0. The lowest BCUT2D eigenvalue weighted by Gasteiger charge is -2.04. The van der Waals surface area contributed by atoms with E-state index >= 15 is 0 Å². The van der Waals surface area contributed by atoms with Crippen LogP contribution in [-0.4, -0.2) is 11.1 Å². The van der Waals surface area contributed by atoms with Crippen LogP contribution in [0.1, 0.15) is 5.56 Å². The first kappa shape index (κ1) is 13.8. The monoisotopic (exact) mass is 293 g/mol. The van der Waals surface area contributed by atoms with Gasteiger partial charge in [0, 0.05) is 17.0 Å². The Bertz CT molecular complexity index is 508. The zero-order valence-electron chi connectivity index (χ0n) is 9.89. The molecule has 0 saturated heterocycles. The standard InChI is InChI=1S/C13H11NO3S2/c15-13(16-10-11-6-2-1-3-7-11)17-19-18-12-8-4-5-9-14-12/h1-9H,10H2. The number of hydrogen-bond acceptors (Lipinski definition) is 6. The lowest BCUT2D eigenvalue weighted by molar-refractivity contribution is 0.100. The molecule has 0 saturated carbocycles. The molecule has 4 nitrogen and oxygen atoms in total. The zero-order valence-corrected chi connectivity index (χ0v) is 11.5. The Morgan fingerprint density at radius 2 is 1.89 bits per heavy atom. The molecule has 0 atom stereocenters. The maximum absolute atomic E-state index is 11.3. The van der Waals surface area contributed by atoms with Crippen LogP contribution < -0.4 is 0 Å². The highest BCUT2D eigenvalue weighted by molar-refractivity contribution is 8.75. The number of nitrogens with zero attached hydrogens (tertiary/aromatic N) is 1. The van der Waals surface area contributed by atoms with Crippen molar-refractivity contribution in [3.8, 4) is 0 Å². The highest BCUT2D eigenvalue weighted by Gasteiger charge is 2.06. The predicted molar refractivity (Wildman–Crippen MR) is 75.4 cm³/mol. The number of carbonyl (C=O) groups is 1. The van der Waals surface area contributed by atoms with Crippen molar-refractivity contribution in [1.82, 2.24) is 4.98 Å². The van der Waals surface area contributed by atoms with Gasteiger partial charge in [0.25, 0.3) is 0 Å². The van der Waals surface area contributed by atoms with Gasteiger partial charge in [0.05, 0.1) is 0 Å². The second-order valence-electron chi connectivity index (χ2n) is 3.43. The van der Waals surface area contributed by atoms with Gasteiger partial charge in [0.2, 0.25) is 0 Å². The number of ether oxygens (including phenoxy) is 1. The zero-order chi connectivity index (χ0) is 13.3. The highest BCUT2D eigenvalue weighted by atomic mass is 33.1. The molecular formula is C13H11NO3S2. The first-order valence-corrected chi connectivity index (χ1v) is 7.55. The predicted octanol–water partition coefficient (Wildman–Crippen LogP) is 4.09. The molecule has 6 heteroatoms. The van der Waals surface area contributed by atoms with E-state index in [2.05, 4.69) is 4.98 Å². The Morgan fingerprint density at radius 3 is 2.63 bits per heavy atom. The van der Waals surface area contributed by atoms with E-state index in [1.807, 2.05) is 48.5 Å². The van der Waals surface area contributed by atoms with Gasteiger partial charge >= 0.3 is 6.16 Å². The average Bonchev–Trinajstić information content (AvgIpc) is 2.47. The van der Waals surface area contributed by atoms with Gasteiger partial charge in [-0.05, 0) is 17.7 Å². The molecule has 19 heavy (non-hydrogen) atoms. The van der Waals surface area contributed by atoms with Crippen LogP contribution in [0.4, 0.5) is 4.79 Å². The van der Waals surface area contributed by atoms with Crippen LogP contribution in [-0.2, 0) is 15.5 Å². The molecule has 0 aliphatic rings. The summed E-state index contributed by atoms with van der Waals surface area (Å²) in [5, 5.41) is 0.767. The van der Waals surface area contributed by atoms with E-state index in [0.29, 0.717) is 0 Å². The lowest BCUT2D eigenvalue weighted by atomic mass is 10.2. The Balaban J connectivity index is 1.65. The Kier molecular flexibility index (Phi) is 5.58. The van der Waals surface area contributed by atoms with Gasteiger partial charge in [-0.3, -0.25) is 0 Å². The number of carbonyl (C=O) groups excluding carboxylic acids is 1. The minimum absolute atomic E-state index is 0.203. The summed E-state index contributed by atoms with van der Waals surface area (Å²) in [6, 6.07) is 14.9. The van der Waals surface area contributed by atoms with Crippen LogP contribution in [0.3, 0.4) is 0 Å². The molecule has 2 aromatic rings. The molecule has 0 aliphatic carbocycles. The van der Waals surface area contributed by atoms with Crippen molar-refractivity contribution in [2.45, 2.75) is 11.6 Å².